The van der Waals surface area contributed by atoms with E-state index in [1.165, 1.54) is 23.8 Å². The fourth-order valence-electron chi connectivity index (χ4n) is 4.85. The molecule has 0 amide bonds. The average Bonchev–Trinajstić information content (AvgIpc) is 3.29. The Kier molecular flexibility index (Phi) is 5.35. The minimum atomic E-state index is -0.339. The molecule has 30 heavy (non-hydrogen) atoms. The summed E-state index contributed by atoms with van der Waals surface area (Å²) in [5.74, 6) is 1.86. The van der Waals surface area contributed by atoms with Crippen molar-refractivity contribution in [2.24, 2.45) is 11.8 Å². The number of pyridine rings is 1. The van der Waals surface area contributed by atoms with Crippen molar-refractivity contribution < 1.29 is 4.39 Å². The van der Waals surface area contributed by atoms with Gasteiger partial charge in [0.2, 0.25) is 0 Å². The van der Waals surface area contributed by atoms with Crippen molar-refractivity contribution in [3.05, 3.63) is 71.3 Å². The summed E-state index contributed by atoms with van der Waals surface area (Å²) in [5, 5.41) is 12.5. The third-order valence-electron chi connectivity index (χ3n) is 6.20. The summed E-state index contributed by atoms with van der Waals surface area (Å²) in [6, 6.07) is 12.6. The van der Waals surface area contributed by atoms with Gasteiger partial charge in [-0.05, 0) is 72.7 Å². The number of benzene rings is 1. The molecule has 2 fully saturated rings. The highest BCUT2D eigenvalue weighted by molar-refractivity contribution is 6.33. The van der Waals surface area contributed by atoms with Gasteiger partial charge < -0.3 is 5.32 Å². The van der Waals surface area contributed by atoms with E-state index in [4.69, 9.17) is 11.6 Å². The molecule has 0 unspecified atom stereocenters. The predicted molar refractivity (Wildman–Crippen MR) is 116 cm³/mol. The molecular formula is C23H23ClFN5. The van der Waals surface area contributed by atoms with E-state index in [1.54, 1.807) is 0 Å². The normalized spacial score (nSPS) is 23.5. The maximum atomic E-state index is 13.5. The molecule has 5 nitrogen and oxygen atoms in total. The van der Waals surface area contributed by atoms with E-state index < -0.39 is 0 Å². The summed E-state index contributed by atoms with van der Waals surface area (Å²) >= 11 is 6.17. The fourth-order valence-corrected chi connectivity index (χ4v) is 5.06. The van der Waals surface area contributed by atoms with E-state index >= 15 is 0 Å². The molecule has 3 heterocycles. The van der Waals surface area contributed by atoms with Gasteiger partial charge in [0.1, 0.15) is 11.6 Å². The smallest absolute Gasteiger partial charge is 0.148 e. The minimum Gasteiger partial charge on any atom is -0.366 e. The molecule has 2 aliphatic rings. The number of nitrogens with zero attached hydrogens (tertiary/aromatic N) is 4. The summed E-state index contributed by atoms with van der Waals surface area (Å²) in [5.41, 5.74) is 2.45. The highest BCUT2D eigenvalue weighted by Gasteiger charge is 2.40. The van der Waals surface area contributed by atoms with Crippen LogP contribution in [0.5, 0.6) is 0 Å². The van der Waals surface area contributed by atoms with Crippen molar-refractivity contribution in [3.8, 4) is 11.3 Å². The molecule has 0 spiro atoms. The molecule has 0 bridgehead atoms. The van der Waals surface area contributed by atoms with Gasteiger partial charge in [0, 0.05) is 43.6 Å². The topological polar surface area (TPSA) is 53.9 Å². The second-order valence-corrected chi connectivity index (χ2v) is 8.72. The summed E-state index contributed by atoms with van der Waals surface area (Å²) in [4.78, 5) is 6.65. The van der Waals surface area contributed by atoms with Crippen LogP contribution in [0.15, 0.2) is 54.9 Å². The van der Waals surface area contributed by atoms with Crippen molar-refractivity contribution in [3.63, 3.8) is 0 Å². The van der Waals surface area contributed by atoms with E-state index in [1.807, 2.05) is 24.5 Å². The van der Waals surface area contributed by atoms with Crippen LogP contribution in [-0.2, 0) is 6.54 Å². The molecule has 3 aromatic rings. The number of anilines is 1. The monoisotopic (exact) mass is 423 g/mol. The van der Waals surface area contributed by atoms with E-state index in [0.717, 1.165) is 50.1 Å². The molecule has 1 aliphatic heterocycles. The lowest BCUT2D eigenvalue weighted by Gasteiger charge is -2.19. The fraction of sp³-hybridized carbons (Fsp3) is 0.348. The molecule has 1 N–H and O–H groups in total. The van der Waals surface area contributed by atoms with Crippen molar-refractivity contribution in [1.29, 1.82) is 0 Å². The zero-order valence-corrected chi connectivity index (χ0v) is 17.3. The first-order valence-electron chi connectivity index (χ1n) is 10.3. The van der Waals surface area contributed by atoms with Gasteiger partial charge in [-0.3, -0.25) is 9.88 Å². The Bertz CT molecular complexity index is 1000. The maximum absolute atomic E-state index is 13.5. The summed E-state index contributed by atoms with van der Waals surface area (Å²) < 4.78 is 13.5. The third kappa shape index (κ3) is 4.16. The first kappa shape index (κ1) is 19.4. The number of halogens is 2. The number of likely N-dealkylation sites (tertiary alicyclic amines) is 1. The second-order valence-electron chi connectivity index (χ2n) is 8.31. The van der Waals surface area contributed by atoms with Gasteiger partial charge in [-0.1, -0.05) is 11.6 Å². The van der Waals surface area contributed by atoms with Gasteiger partial charge in [-0.15, -0.1) is 10.2 Å². The third-order valence-corrected chi connectivity index (χ3v) is 6.53. The molecule has 1 saturated heterocycles. The van der Waals surface area contributed by atoms with E-state index in [2.05, 4.69) is 37.5 Å². The van der Waals surface area contributed by atoms with Crippen LogP contribution in [0.3, 0.4) is 0 Å². The van der Waals surface area contributed by atoms with Crippen molar-refractivity contribution in [2.75, 3.05) is 18.4 Å². The highest BCUT2D eigenvalue weighted by atomic mass is 35.5. The van der Waals surface area contributed by atoms with Gasteiger partial charge in [0.15, 0.2) is 0 Å². The molecule has 5 rings (SSSR count). The zero-order chi connectivity index (χ0) is 20.5. The molecule has 3 atom stereocenters. The van der Waals surface area contributed by atoms with Crippen molar-refractivity contribution in [1.82, 2.24) is 20.1 Å². The largest absolute Gasteiger partial charge is 0.366 e. The SMILES string of the molecule is Fc1ccc(Cl)c(-c2ccc(N[C@@H]3C[C@@H]4CN(Cc5ccncc5)C[C@@H]4C3)nn2)c1. The molecule has 1 aromatic carbocycles. The zero-order valence-electron chi connectivity index (χ0n) is 16.5. The molecular weight excluding hydrogens is 401 g/mol. The Labute approximate surface area is 180 Å². The average molecular weight is 424 g/mol. The first-order valence-corrected chi connectivity index (χ1v) is 10.7. The standard InChI is InChI=1S/C23H23ClFN5/c24-21-2-1-18(25)11-20(21)22-3-4-23(29-28-22)27-19-9-16-13-30(14-17(16)10-19)12-15-5-7-26-8-6-15/h1-8,11,16-17,19H,9-10,12-14H2,(H,27,29)/t16-,17+,19-. The Morgan fingerprint density at radius 3 is 2.47 bits per heavy atom. The van der Waals surface area contributed by atoms with Crippen LogP contribution in [0.2, 0.25) is 5.02 Å². The van der Waals surface area contributed by atoms with Crippen LogP contribution >= 0.6 is 11.6 Å². The van der Waals surface area contributed by atoms with Gasteiger partial charge in [-0.2, -0.15) is 0 Å². The summed E-state index contributed by atoms with van der Waals surface area (Å²) in [7, 11) is 0. The van der Waals surface area contributed by atoms with Crippen molar-refractivity contribution >= 4 is 17.4 Å². The summed E-state index contributed by atoms with van der Waals surface area (Å²) in [6.07, 6.45) is 6.02. The lowest BCUT2D eigenvalue weighted by molar-refractivity contribution is 0.301. The Balaban J connectivity index is 1.17. The van der Waals surface area contributed by atoms with Crippen LogP contribution in [0.1, 0.15) is 18.4 Å². The van der Waals surface area contributed by atoms with Crippen LogP contribution in [0.4, 0.5) is 10.2 Å². The molecule has 1 saturated carbocycles. The van der Waals surface area contributed by atoms with Crippen LogP contribution < -0.4 is 5.32 Å². The Hall–Kier alpha value is -2.57. The van der Waals surface area contributed by atoms with Gasteiger partial charge >= 0.3 is 0 Å². The van der Waals surface area contributed by atoms with Crippen LogP contribution in [-0.4, -0.2) is 39.2 Å². The van der Waals surface area contributed by atoms with E-state index in [0.29, 0.717) is 22.3 Å². The van der Waals surface area contributed by atoms with Crippen molar-refractivity contribution in [2.45, 2.75) is 25.4 Å². The quantitative estimate of drug-likeness (QED) is 0.647. The lowest BCUT2D eigenvalue weighted by atomic mass is 10.0. The Morgan fingerprint density at radius 2 is 1.77 bits per heavy atom. The number of fused-ring (bicyclic) bond motifs is 1. The predicted octanol–water partition coefficient (Wildman–Crippen LogP) is 4.65. The number of hydrogen-bond acceptors (Lipinski definition) is 5. The minimum absolute atomic E-state index is 0.339. The lowest BCUT2D eigenvalue weighted by Crippen LogP contribution is -2.25. The Morgan fingerprint density at radius 1 is 1.00 bits per heavy atom. The highest BCUT2D eigenvalue weighted by Crippen LogP contribution is 2.39. The molecule has 2 aromatic heterocycles. The van der Waals surface area contributed by atoms with Crippen LogP contribution in [0, 0.1) is 17.7 Å². The van der Waals surface area contributed by atoms with Gasteiger partial charge in [0.25, 0.3) is 0 Å². The van der Waals surface area contributed by atoms with Gasteiger partial charge in [-0.25, -0.2) is 4.39 Å². The number of aromatic nitrogens is 3. The van der Waals surface area contributed by atoms with E-state index in [-0.39, 0.29) is 5.82 Å². The van der Waals surface area contributed by atoms with Crippen LogP contribution in [0.25, 0.3) is 11.3 Å². The van der Waals surface area contributed by atoms with Gasteiger partial charge in [0.05, 0.1) is 10.7 Å². The number of hydrogen-bond donors (Lipinski definition) is 1. The number of rotatable bonds is 5. The molecule has 0 radical (unpaired) electrons. The maximum Gasteiger partial charge on any atom is 0.148 e. The molecule has 154 valence electrons. The second kappa shape index (κ2) is 8.28. The van der Waals surface area contributed by atoms with E-state index in [9.17, 15) is 4.39 Å². The number of nitrogens with one attached hydrogen (secondary N) is 1. The summed E-state index contributed by atoms with van der Waals surface area (Å²) in [6.45, 7) is 3.30. The first-order chi connectivity index (χ1) is 14.6. The molecule has 1 aliphatic carbocycles. The molecule has 7 heteroatoms.